The van der Waals surface area contributed by atoms with E-state index in [4.69, 9.17) is 4.98 Å². The van der Waals surface area contributed by atoms with Crippen molar-refractivity contribution in [3.05, 3.63) is 30.1 Å². The number of aromatic nitrogens is 5. The molecule has 2 aliphatic carbocycles. The lowest BCUT2D eigenvalue weighted by molar-refractivity contribution is 0.748. The number of fused-ring (bicyclic) bond motifs is 1. The van der Waals surface area contributed by atoms with E-state index in [0.29, 0.717) is 17.9 Å². The van der Waals surface area contributed by atoms with Gasteiger partial charge in [0.2, 0.25) is 5.95 Å². The maximum Gasteiger partial charge on any atom is 0.248 e. The molecule has 0 atom stereocenters. The molecule has 0 radical (unpaired) electrons. The number of hydrogen-bond donors (Lipinski definition) is 3. The Labute approximate surface area is 139 Å². The van der Waals surface area contributed by atoms with Crippen LogP contribution in [0, 0.1) is 0 Å². The van der Waals surface area contributed by atoms with Crippen LogP contribution in [0.1, 0.15) is 50.1 Å². The van der Waals surface area contributed by atoms with Gasteiger partial charge >= 0.3 is 0 Å². The van der Waals surface area contributed by atoms with Crippen molar-refractivity contribution in [3.63, 3.8) is 0 Å². The quantitative estimate of drug-likeness (QED) is 0.670. The van der Waals surface area contributed by atoms with Crippen LogP contribution in [-0.2, 0) is 0 Å². The summed E-state index contributed by atoms with van der Waals surface area (Å²) in [5.41, 5.74) is 2.21. The van der Waals surface area contributed by atoms with Gasteiger partial charge in [0.05, 0.1) is 0 Å². The lowest BCUT2D eigenvalue weighted by atomic mass is 10.2. The van der Waals surface area contributed by atoms with Crippen LogP contribution in [0.15, 0.2) is 24.4 Å². The molecular formula is C17H21N7. The second-order valence-corrected chi connectivity index (χ2v) is 6.86. The molecule has 24 heavy (non-hydrogen) atoms. The van der Waals surface area contributed by atoms with Crippen LogP contribution in [0.3, 0.4) is 0 Å². The highest BCUT2D eigenvalue weighted by Crippen LogP contribution is 2.39. The van der Waals surface area contributed by atoms with E-state index in [1.807, 2.05) is 22.8 Å². The lowest BCUT2D eigenvalue weighted by Crippen LogP contribution is -2.17. The first-order valence-corrected chi connectivity index (χ1v) is 8.79. The van der Waals surface area contributed by atoms with Crippen molar-refractivity contribution in [1.82, 2.24) is 24.8 Å². The Kier molecular flexibility index (Phi) is 3.17. The van der Waals surface area contributed by atoms with Crippen LogP contribution in [0.25, 0.3) is 5.52 Å². The Morgan fingerprint density at radius 3 is 2.88 bits per heavy atom. The zero-order chi connectivity index (χ0) is 15.9. The summed E-state index contributed by atoms with van der Waals surface area (Å²) in [5, 5.41) is 18.8. The van der Waals surface area contributed by atoms with Gasteiger partial charge in [-0.05, 0) is 37.8 Å². The number of anilines is 3. The van der Waals surface area contributed by atoms with E-state index in [2.05, 4.69) is 32.0 Å². The molecule has 2 fully saturated rings. The largest absolute Gasteiger partial charge is 0.365 e. The number of H-pyrrole nitrogens is 1. The van der Waals surface area contributed by atoms with Crippen molar-refractivity contribution in [2.45, 2.75) is 50.5 Å². The Balaban J connectivity index is 1.43. The first kappa shape index (κ1) is 13.8. The van der Waals surface area contributed by atoms with Crippen molar-refractivity contribution < 1.29 is 0 Å². The summed E-state index contributed by atoms with van der Waals surface area (Å²) in [6.07, 6.45) is 9.46. The Morgan fingerprint density at radius 2 is 2.04 bits per heavy atom. The maximum atomic E-state index is 4.69. The van der Waals surface area contributed by atoms with Crippen molar-refractivity contribution in [1.29, 1.82) is 0 Å². The molecular weight excluding hydrogens is 302 g/mol. The molecule has 0 amide bonds. The highest BCUT2D eigenvalue weighted by molar-refractivity contribution is 5.69. The molecule has 3 aromatic rings. The van der Waals surface area contributed by atoms with Gasteiger partial charge in [-0.1, -0.05) is 12.8 Å². The van der Waals surface area contributed by atoms with Crippen LogP contribution in [-0.4, -0.2) is 30.8 Å². The second-order valence-electron chi connectivity index (χ2n) is 6.86. The zero-order valence-electron chi connectivity index (χ0n) is 13.5. The number of aromatic amines is 1. The zero-order valence-corrected chi connectivity index (χ0v) is 13.5. The summed E-state index contributed by atoms with van der Waals surface area (Å²) < 4.78 is 1.86. The van der Waals surface area contributed by atoms with E-state index in [-0.39, 0.29) is 0 Å². The molecule has 124 valence electrons. The topological polar surface area (TPSA) is 82.9 Å². The van der Waals surface area contributed by atoms with E-state index in [1.54, 1.807) is 0 Å². The van der Waals surface area contributed by atoms with Crippen LogP contribution < -0.4 is 10.6 Å². The van der Waals surface area contributed by atoms with Gasteiger partial charge in [0.1, 0.15) is 5.52 Å². The lowest BCUT2D eigenvalue weighted by Gasteiger charge is -2.14. The highest BCUT2D eigenvalue weighted by Gasteiger charge is 2.25. The van der Waals surface area contributed by atoms with Crippen molar-refractivity contribution in [3.8, 4) is 0 Å². The molecule has 0 spiro atoms. The summed E-state index contributed by atoms with van der Waals surface area (Å²) >= 11 is 0. The molecule has 7 heteroatoms. The SMILES string of the molecule is c1cc2c(NC3CCCC3)nc(Nc3cc(C4CC4)[nH]n3)nn2c1. The van der Waals surface area contributed by atoms with Gasteiger partial charge in [-0.15, -0.1) is 5.10 Å². The monoisotopic (exact) mass is 323 g/mol. The fourth-order valence-electron chi connectivity index (χ4n) is 3.48. The first-order valence-electron chi connectivity index (χ1n) is 8.79. The molecule has 3 aromatic heterocycles. The molecule has 0 saturated heterocycles. The Morgan fingerprint density at radius 1 is 1.17 bits per heavy atom. The van der Waals surface area contributed by atoms with Gasteiger partial charge in [0.15, 0.2) is 11.6 Å². The van der Waals surface area contributed by atoms with Gasteiger partial charge in [0, 0.05) is 29.9 Å². The summed E-state index contributed by atoms with van der Waals surface area (Å²) in [6, 6.07) is 6.61. The molecule has 3 heterocycles. The minimum absolute atomic E-state index is 0.512. The highest BCUT2D eigenvalue weighted by atomic mass is 15.3. The van der Waals surface area contributed by atoms with E-state index >= 15 is 0 Å². The van der Waals surface area contributed by atoms with E-state index in [1.165, 1.54) is 44.2 Å². The van der Waals surface area contributed by atoms with E-state index < -0.39 is 0 Å². The van der Waals surface area contributed by atoms with Crippen LogP contribution in [0.5, 0.6) is 0 Å². The average molecular weight is 323 g/mol. The first-order chi connectivity index (χ1) is 11.8. The number of hydrogen-bond acceptors (Lipinski definition) is 5. The number of rotatable bonds is 5. The van der Waals surface area contributed by atoms with Crippen LogP contribution in [0.4, 0.5) is 17.6 Å². The summed E-state index contributed by atoms with van der Waals surface area (Å²) in [4.78, 5) is 4.69. The molecule has 2 saturated carbocycles. The molecule has 0 aliphatic heterocycles. The normalized spacial score (nSPS) is 18.3. The van der Waals surface area contributed by atoms with Crippen molar-refractivity contribution >= 4 is 23.1 Å². The smallest absolute Gasteiger partial charge is 0.248 e. The van der Waals surface area contributed by atoms with Gasteiger partial charge in [0.25, 0.3) is 0 Å². The molecule has 0 aromatic carbocycles. The summed E-state index contributed by atoms with van der Waals surface area (Å²) in [6.45, 7) is 0. The van der Waals surface area contributed by atoms with Gasteiger partial charge in [-0.3, -0.25) is 5.10 Å². The standard InChI is InChI=1S/C17H21N7/c1-2-5-12(4-1)18-16-14-6-3-9-24(14)23-17(20-16)19-15-10-13(21-22-15)11-7-8-11/h3,6,9-12H,1-2,4-5,7-8H2,(H3,18,19,20,21,22,23). The second kappa shape index (κ2) is 5.51. The average Bonchev–Trinajstić information content (AvgIpc) is 3.00. The van der Waals surface area contributed by atoms with Crippen LogP contribution in [0.2, 0.25) is 0 Å². The predicted molar refractivity (Wildman–Crippen MR) is 92.7 cm³/mol. The number of nitrogens with zero attached hydrogens (tertiary/aromatic N) is 4. The van der Waals surface area contributed by atoms with Crippen LogP contribution >= 0.6 is 0 Å². The molecule has 7 nitrogen and oxygen atoms in total. The van der Waals surface area contributed by atoms with E-state index in [9.17, 15) is 0 Å². The fourth-order valence-corrected chi connectivity index (χ4v) is 3.48. The summed E-state index contributed by atoms with van der Waals surface area (Å²) in [5.74, 6) is 2.88. The Hall–Kier alpha value is -2.57. The third-order valence-electron chi connectivity index (χ3n) is 4.94. The summed E-state index contributed by atoms with van der Waals surface area (Å²) in [7, 11) is 0. The molecule has 0 unspecified atom stereocenters. The third-order valence-corrected chi connectivity index (χ3v) is 4.94. The van der Waals surface area contributed by atoms with Gasteiger partial charge < -0.3 is 10.6 Å². The molecule has 2 aliphatic rings. The fraction of sp³-hybridized carbons (Fsp3) is 0.471. The minimum Gasteiger partial charge on any atom is -0.365 e. The van der Waals surface area contributed by atoms with Gasteiger partial charge in [-0.25, -0.2) is 4.52 Å². The Bertz CT molecular complexity index is 855. The predicted octanol–water partition coefficient (Wildman–Crippen LogP) is 3.43. The maximum absolute atomic E-state index is 4.69. The minimum atomic E-state index is 0.512. The molecule has 0 bridgehead atoms. The van der Waals surface area contributed by atoms with Crippen molar-refractivity contribution in [2.75, 3.05) is 10.6 Å². The van der Waals surface area contributed by atoms with Crippen molar-refractivity contribution in [2.24, 2.45) is 0 Å². The number of nitrogens with one attached hydrogen (secondary N) is 3. The van der Waals surface area contributed by atoms with E-state index in [0.717, 1.165) is 17.2 Å². The third kappa shape index (κ3) is 2.60. The van der Waals surface area contributed by atoms with Gasteiger partial charge in [-0.2, -0.15) is 10.1 Å². The molecule has 3 N–H and O–H groups in total. The molecule has 5 rings (SSSR count).